The van der Waals surface area contributed by atoms with Gasteiger partial charge >= 0.3 is 0 Å². The van der Waals surface area contributed by atoms with E-state index in [-0.39, 0.29) is 0 Å². The largest absolute Gasteiger partial charge is 0.0861 e. The van der Waals surface area contributed by atoms with Crippen molar-refractivity contribution in [2.75, 3.05) is 4.43 Å². The Morgan fingerprint density at radius 2 is 1.67 bits per heavy atom. The van der Waals surface area contributed by atoms with Crippen LogP contribution in [-0.2, 0) is 0 Å². The Labute approximate surface area is 89.6 Å². The number of fused-ring (bicyclic) bond motifs is 1. The van der Waals surface area contributed by atoms with E-state index in [1.807, 2.05) is 0 Å². The van der Waals surface area contributed by atoms with E-state index in [0.717, 1.165) is 17.8 Å². The number of halogens is 1. The van der Waals surface area contributed by atoms with E-state index in [4.69, 9.17) is 0 Å². The van der Waals surface area contributed by atoms with Gasteiger partial charge in [0.1, 0.15) is 0 Å². The molecule has 0 radical (unpaired) electrons. The zero-order valence-electron chi connectivity index (χ0n) is 7.77. The van der Waals surface area contributed by atoms with Gasteiger partial charge in [0.2, 0.25) is 0 Å². The molecule has 0 spiro atoms. The maximum atomic E-state index is 2.57. The van der Waals surface area contributed by atoms with E-state index in [0.29, 0.717) is 0 Å². The van der Waals surface area contributed by atoms with E-state index in [9.17, 15) is 0 Å². The molecule has 70 valence electrons. The van der Waals surface area contributed by atoms with Crippen LogP contribution in [0, 0.1) is 17.8 Å². The lowest BCUT2D eigenvalue weighted by molar-refractivity contribution is 0.140. The van der Waals surface area contributed by atoms with Crippen molar-refractivity contribution in [1.29, 1.82) is 0 Å². The van der Waals surface area contributed by atoms with Crippen molar-refractivity contribution in [3.63, 3.8) is 0 Å². The van der Waals surface area contributed by atoms with Crippen molar-refractivity contribution < 1.29 is 0 Å². The van der Waals surface area contributed by atoms with Crippen molar-refractivity contribution in [2.45, 2.75) is 44.9 Å². The molecule has 3 unspecified atom stereocenters. The zero-order valence-corrected chi connectivity index (χ0v) is 9.92. The highest BCUT2D eigenvalue weighted by Gasteiger charge is 2.31. The number of hydrogen-bond donors (Lipinski definition) is 0. The molecule has 2 aliphatic rings. The molecule has 0 aromatic heterocycles. The Morgan fingerprint density at radius 1 is 0.917 bits per heavy atom. The standard InChI is InChI=1S/C11H19I/c12-8-9-5-6-10-3-1-2-4-11(10)7-9/h9-11H,1-8H2. The molecule has 0 nitrogen and oxygen atoms in total. The summed E-state index contributed by atoms with van der Waals surface area (Å²) < 4.78 is 1.40. The highest BCUT2D eigenvalue weighted by molar-refractivity contribution is 14.1. The second-order valence-corrected chi connectivity index (χ2v) is 5.52. The fraction of sp³-hybridized carbons (Fsp3) is 1.00. The van der Waals surface area contributed by atoms with E-state index < -0.39 is 0 Å². The smallest absolute Gasteiger partial charge is 0.00238 e. The average molecular weight is 278 g/mol. The maximum Gasteiger partial charge on any atom is 0.00238 e. The van der Waals surface area contributed by atoms with Crippen LogP contribution in [0.5, 0.6) is 0 Å². The summed E-state index contributed by atoms with van der Waals surface area (Å²) in [5.41, 5.74) is 0. The molecule has 2 aliphatic carbocycles. The van der Waals surface area contributed by atoms with Crippen LogP contribution in [0.4, 0.5) is 0 Å². The summed E-state index contributed by atoms with van der Waals surface area (Å²) in [5, 5.41) is 0. The minimum absolute atomic E-state index is 1.07. The first-order valence-electron chi connectivity index (χ1n) is 5.46. The first kappa shape index (κ1) is 9.29. The molecular formula is C11H19I. The average Bonchev–Trinajstić information content (AvgIpc) is 2.17. The van der Waals surface area contributed by atoms with Gasteiger partial charge in [0.05, 0.1) is 0 Å². The van der Waals surface area contributed by atoms with Gasteiger partial charge < -0.3 is 0 Å². The van der Waals surface area contributed by atoms with Crippen LogP contribution in [-0.4, -0.2) is 4.43 Å². The van der Waals surface area contributed by atoms with Crippen LogP contribution in [0.25, 0.3) is 0 Å². The quantitative estimate of drug-likeness (QED) is 0.502. The lowest BCUT2D eigenvalue weighted by atomic mass is 9.68. The van der Waals surface area contributed by atoms with Gasteiger partial charge in [-0.15, -0.1) is 0 Å². The molecule has 0 aromatic rings. The number of hydrogen-bond acceptors (Lipinski definition) is 0. The van der Waals surface area contributed by atoms with Crippen molar-refractivity contribution >= 4 is 22.6 Å². The highest BCUT2D eigenvalue weighted by atomic mass is 127. The van der Waals surface area contributed by atoms with Crippen LogP contribution >= 0.6 is 22.6 Å². The topological polar surface area (TPSA) is 0 Å². The first-order valence-corrected chi connectivity index (χ1v) is 6.98. The van der Waals surface area contributed by atoms with Gasteiger partial charge in [-0.25, -0.2) is 0 Å². The lowest BCUT2D eigenvalue weighted by Gasteiger charge is -2.38. The summed E-state index contributed by atoms with van der Waals surface area (Å²) in [6, 6.07) is 0. The molecule has 0 aromatic carbocycles. The second-order valence-electron chi connectivity index (χ2n) is 4.64. The van der Waals surface area contributed by atoms with E-state index in [1.54, 1.807) is 25.7 Å². The van der Waals surface area contributed by atoms with Crippen LogP contribution in [0.3, 0.4) is 0 Å². The predicted molar refractivity (Wildman–Crippen MR) is 61.7 cm³/mol. The molecule has 2 rings (SSSR count). The van der Waals surface area contributed by atoms with Crippen molar-refractivity contribution in [1.82, 2.24) is 0 Å². The third kappa shape index (κ3) is 1.97. The molecule has 3 atom stereocenters. The highest BCUT2D eigenvalue weighted by Crippen LogP contribution is 2.42. The summed E-state index contributed by atoms with van der Waals surface area (Å²) in [5.74, 6) is 3.34. The molecule has 0 amide bonds. The molecule has 0 saturated heterocycles. The molecule has 1 heteroatoms. The third-order valence-corrected chi connectivity index (χ3v) is 5.11. The monoisotopic (exact) mass is 278 g/mol. The van der Waals surface area contributed by atoms with Crippen molar-refractivity contribution in [2.24, 2.45) is 17.8 Å². The Hall–Kier alpha value is 0.730. The summed E-state index contributed by atoms with van der Waals surface area (Å²) in [7, 11) is 0. The van der Waals surface area contributed by atoms with Crippen LogP contribution in [0.1, 0.15) is 44.9 Å². The molecular weight excluding hydrogens is 259 g/mol. The molecule has 0 heterocycles. The molecule has 0 aliphatic heterocycles. The summed E-state index contributed by atoms with van der Waals surface area (Å²) in [4.78, 5) is 0. The van der Waals surface area contributed by atoms with Gasteiger partial charge in [-0.05, 0) is 37.0 Å². The Bertz CT molecular complexity index is 144. The molecule has 2 saturated carbocycles. The second kappa shape index (κ2) is 4.30. The third-order valence-electron chi connectivity index (χ3n) is 3.87. The van der Waals surface area contributed by atoms with Crippen LogP contribution in [0.2, 0.25) is 0 Å². The Morgan fingerprint density at radius 3 is 2.42 bits per heavy atom. The summed E-state index contributed by atoms with van der Waals surface area (Å²) >= 11 is 2.57. The van der Waals surface area contributed by atoms with Gasteiger partial charge in [-0.2, -0.15) is 0 Å². The fourth-order valence-electron chi connectivity index (χ4n) is 3.11. The zero-order chi connectivity index (χ0) is 8.39. The Balaban J connectivity index is 1.90. The van der Waals surface area contributed by atoms with E-state index >= 15 is 0 Å². The predicted octanol–water partition coefficient (Wildman–Crippen LogP) is 4.03. The normalized spacial score (nSPS) is 42.2. The van der Waals surface area contributed by atoms with Gasteiger partial charge in [0.25, 0.3) is 0 Å². The van der Waals surface area contributed by atoms with Crippen molar-refractivity contribution in [3.05, 3.63) is 0 Å². The van der Waals surface area contributed by atoms with E-state index in [1.165, 1.54) is 23.7 Å². The van der Waals surface area contributed by atoms with E-state index in [2.05, 4.69) is 22.6 Å². The molecule has 0 bridgehead atoms. The summed E-state index contributed by atoms with van der Waals surface area (Å²) in [6.45, 7) is 0. The van der Waals surface area contributed by atoms with Gasteiger partial charge in [-0.3, -0.25) is 0 Å². The number of rotatable bonds is 1. The van der Waals surface area contributed by atoms with Crippen LogP contribution < -0.4 is 0 Å². The molecule has 2 fully saturated rings. The SMILES string of the molecule is ICC1CCC2CCCCC2C1. The Kier molecular flexibility index (Phi) is 3.33. The van der Waals surface area contributed by atoms with Gasteiger partial charge in [0.15, 0.2) is 0 Å². The van der Waals surface area contributed by atoms with Gasteiger partial charge in [0, 0.05) is 4.43 Å². The van der Waals surface area contributed by atoms with Crippen LogP contribution in [0.15, 0.2) is 0 Å². The first-order chi connectivity index (χ1) is 5.90. The molecule has 0 N–H and O–H groups in total. The summed E-state index contributed by atoms with van der Waals surface area (Å²) in [6.07, 6.45) is 10.8. The fourth-order valence-corrected chi connectivity index (χ4v) is 3.91. The number of alkyl halides is 1. The minimum atomic E-state index is 1.07. The van der Waals surface area contributed by atoms with Gasteiger partial charge in [-0.1, -0.05) is 48.3 Å². The maximum absolute atomic E-state index is 2.57. The van der Waals surface area contributed by atoms with Crippen molar-refractivity contribution in [3.8, 4) is 0 Å². The molecule has 12 heavy (non-hydrogen) atoms. The lowest BCUT2D eigenvalue weighted by Crippen LogP contribution is -2.28. The minimum Gasteiger partial charge on any atom is -0.0861 e.